The first kappa shape index (κ1) is 13.8. The van der Waals surface area contributed by atoms with E-state index in [0.29, 0.717) is 10.6 Å². The molecule has 0 saturated heterocycles. The van der Waals surface area contributed by atoms with Crippen molar-refractivity contribution in [3.63, 3.8) is 0 Å². The van der Waals surface area contributed by atoms with Crippen molar-refractivity contribution in [3.8, 4) is 0 Å². The minimum Gasteiger partial charge on any atom is -0.478 e. The van der Waals surface area contributed by atoms with E-state index >= 15 is 0 Å². The number of halogens is 1. The lowest BCUT2D eigenvalue weighted by Gasteiger charge is -2.04. The molecule has 1 aromatic carbocycles. The molecule has 2 N–H and O–H groups in total. The fourth-order valence-corrected chi connectivity index (χ4v) is 2.87. The van der Waals surface area contributed by atoms with Crippen molar-refractivity contribution in [2.24, 2.45) is 0 Å². The molecule has 0 aliphatic carbocycles. The minimum atomic E-state index is -1.05. The summed E-state index contributed by atoms with van der Waals surface area (Å²) in [6, 6.07) is 8.45. The highest BCUT2D eigenvalue weighted by Crippen LogP contribution is 2.28. The molecule has 1 heterocycles. The van der Waals surface area contributed by atoms with Gasteiger partial charge in [-0.15, -0.1) is 11.3 Å². The Hall–Kier alpha value is -1.66. The average Bonchev–Trinajstić information content (AvgIpc) is 2.70. The molecule has 0 unspecified atom stereocenters. The normalized spacial score (nSPS) is 10.2. The van der Waals surface area contributed by atoms with Crippen LogP contribution in [-0.4, -0.2) is 17.0 Å². The smallest absolute Gasteiger partial charge is 0.338 e. The maximum absolute atomic E-state index is 12.0. The maximum Gasteiger partial charge on any atom is 0.338 e. The first-order chi connectivity index (χ1) is 8.97. The second-order valence-electron chi connectivity index (χ2n) is 3.87. The molecule has 2 aromatic rings. The summed E-state index contributed by atoms with van der Waals surface area (Å²) in [5.41, 5.74) is 0.586. The molecule has 6 heteroatoms. The first-order valence-electron chi connectivity index (χ1n) is 5.38. The molecular weight excluding hydrogens is 330 g/mol. The van der Waals surface area contributed by atoms with E-state index in [1.54, 1.807) is 31.2 Å². The lowest BCUT2D eigenvalue weighted by atomic mass is 10.2. The summed E-state index contributed by atoms with van der Waals surface area (Å²) in [6.45, 7) is 1.80. The largest absolute Gasteiger partial charge is 0.478 e. The number of nitrogens with one attached hydrogen (secondary N) is 1. The summed E-state index contributed by atoms with van der Waals surface area (Å²) in [5.74, 6) is -1.38. The van der Waals surface area contributed by atoms with Crippen molar-refractivity contribution in [1.82, 2.24) is 0 Å². The number of amides is 1. The van der Waals surface area contributed by atoms with Crippen molar-refractivity contribution in [3.05, 3.63) is 50.8 Å². The van der Waals surface area contributed by atoms with Crippen molar-refractivity contribution in [2.45, 2.75) is 6.92 Å². The highest BCUT2D eigenvalue weighted by Gasteiger charge is 2.16. The molecule has 0 radical (unpaired) electrons. The molecular formula is C13H10BrNO3S. The van der Waals surface area contributed by atoms with Crippen LogP contribution in [-0.2, 0) is 0 Å². The predicted octanol–water partition coefficient (Wildman–Crippen LogP) is 3.77. The van der Waals surface area contributed by atoms with Crippen LogP contribution in [0.25, 0.3) is 0 Å². The van der Waals surface area contributed by atoms with Crippen LogP contribution < -0.4 is 5.32 Å². The van der Waals surface area contributed by atoms with Crippen LogP contribution in [0, 0.1) is 6.92 Å². The zero-order valence-electron chi connectivity index (χ0n) is 9.94. The van der Waals surface area contributed by atoms with E-state index < -0.39 is 5.97 Å². The van der Waals surface area contributed by atoms with Crippen LogP contribution in [0.5, 0.6) is 0 Å². The Morgan fingerprint density at radius 1 is 1.32 bits per heavy atom. The van der Waals surface area contributed by atoms with Gasteiger partial charge in [0.25, 0.3) is 5.91 Å². The van der Waals surface area contributed by atoms with Crippen LogP contribution in [0.2, 0.25) is 0 Å². The fraction of sp³-hybridized carbons (Fsp3) is 0.0769. The van der Waals surface area contributed by atoms with Gasteiger partial charge >= 0.3 is 5.97 Å². The Kier molecular flexibility index (Phi) is 4.01. The summed E-state index contributed by atoms with van der Waals surface area (Å²) in [6.07, 6.45) is 0. The number of aryl methyl sites for hydroxylation is 1. The summed E-state index contributed by atoms with van der Waals surface area (Å²) in [4.78, 5) is 23.9. The van der Waals surface area contributed by atoms with E-state index in [0.717, 1.165) is 9.35 Å². The third-order valence-electron chi connectivity index (χ3n) is 2.40. The fourth-order valence-electron chi connectivity index (χ4n) is 1.57. The molecule has 0 aliphatic rings. The van der Waals surface area contributed by atoms with Crippen LogP contribution in [0.15, 0.2) is 34.8 Å². The lowest BCUT2D eigenvalue weighted by molar-refractivity contribution is 0.0698. The number of carboxylic acids is 1. The Morgan fingerprint density at radius 2 is 2.05 bits per heavy atom. The second-order valence-corrected chi connectivity index (χ2v) is 6.04. The molecule has 2 rings (SSSR count). The molecule has 19 heavy (non-hydrogen) atoms. The predicted molar refractivity (Wildman–Crippen MR) is 78.1 cm³/mol. The number of carbonyl (C=O) groups excluding carboxylic acids is 1. The molecule has 98 valence electrons. The van der Waals surface area contributed by atoms with Gasteiger partial charge in [-0.05, 0) is 31.2 Å². The summed E-state index contributed by atoms with van der Waals surface area (Å²) in [5, 5.41) is 12.0. The Balaban J connectivity index is 2.26. The zero-order valence-corrected chi connectivity index (χ0v) is 12.3. The number of rotatable bonds is 3. The minimum absolute atomic E-state index is 0.117. The van der Waals surface area contributed by atoms with Gasteiger partial charge < -0.3 is 10.4 Å². The third kappa shape index (κ3) is 3.21. The van der Waals surface area contributed by atoms with E-state index in [-0.39, 0.29) is 11.5 Å². The Bertz CT molecular complexity index is 651. The van der Waals surface area contributed by atoms with E-state index in [2.05, 4.69) is 21.2 Å². The van der Waals surface area contributed by atoms with E-state index in [1.165, 1.54) is 11.3 Å². The van der Waals surface area contributed by atoms with E-state index in [4.69, 9.17) is 5.11 Å². The molecule has 0 atom stereocenters. The number of aromatic carboxylic acids is 1. The number of anilines is 1. The molecule has 0 bridgehead atoms. The quantitative estimate of drug-likeness (QED) is 0.894. The van der Waals surface area contributed by atoms with Gasteiger partial charge in [0.05, 0.1) is 5.56 Å². The topological polar surface area (TPSA) is 66.4 Å². The summed E-state index contributed by atoms with van der Waals surface area (Å²) < 4.78 is 0.793. The average molecular weight is 340 g/mol. The van der Waals surface area contributed by atoms with Crippen LogP contribution in [0.4, 0.5) is 5.00 Å². The summed E-state index contributed by atoms with van der Waals surface area (Å²) >= 11 is 4.53. The number of hydrogen-bond acceptors (Lipinski definition) is 3. The zero-order chi connectivity index (χ0) is 14.0. The molecule has 1 aromatic heterocycles. The summed E-state index contributed by atoms with van der Waals surface area (Å²) in [7, 11) is 0. The maximum atomic E-state index is 12.0. The van der Waals surface area contributed by atoms with E-state index in [1.807, 2.05) is 6.07 Å². The standard InChI is InChI=1S/C13H10BrNO3S/c1-7-5-10(13(17)18)12(19-7)15-11(16)8-3-2-4-9(14)6-8/h2-6H,1H3,(H,15,16)(H,17,18). The molecule has 1 amide bonds. The van der Waals surface area contributed by atoms with Crippen molar-refractivity contribution < 1.29 is 14.7 Å². The van der Waals surface area contributed by atoms with Gasteiger partial charge in [-0.1, -0.05) is 22.0 Å². The highest BCUT2D eigenvalue weighted by molar-refractivity contribution is 9.10. The van der Waals surface area contributed by atoms with Gasteiger partial charge in [-0.3, -0.25) is 4.79 Å². The number of hydrogen-bond donors (Lipinski definition) is 2. The first-order valence-corrected chi connectivity index (χ1v) is 6.99. The van der Waals surface area contributed by atoms with Gasteiger partial charge in [-0.2, -0.15) is 0 Å². The van der Waals surface area contributed by atoms with Crippen LogP contribution in [0.3, 0.4) is 0 Å². The number of carbonyl (C=O) groups is 2. The molecule has 0 saturated carbocycles. The van der Waals surface area contributed by atoms with Crippen LogP contribution >= 0.6 is 27.3 Å². The monoisotopic (exact) mass is 339 g/mol. The Labute approximate surface area is 122 Å². The second kappa shape index (κ2) is 5.54. The highest BCUT2D eigenvalue weighted by atomic mass is 79.9. The van der Waals surface area contributed by atoms with Gasteiger partial charge in [-0.25, -0.2) is 4.79 Å². The van der Waals surface area contributed by atoms with Crippen molar-refractivity contribution >= 4 is 44.1 Å². The van der Waals surface area contributed by atoms with E-state index in [9.17, 15) is 9.59 Å². The van der Waals surface area contributed by atoms with Crippen LogP contribution in [0.1, 0.15) is 25.6 Å². The SMILES string of the molecule is Cc1cc(C(=O)O)c(NC(=O)c2cccc(Br)c2)s1. The molecule has 0 spiro atoms. The number of carboxylic acid groups (broad SMARTS) is 1. The number of thiophene rings is 1. The third-order valence-corrected chi connectivity index (χ3v) is 3.86. The van der Waals surface area contributed by atoms with Gasteiger partial charge in [0.2, 0.25) is 0 Å². The van der Waals surface area contributed by atoms with Gasteiger partial charge in [0.1, 0.15) is 5.00 Å². The van der Waals surface area contributed by atoms with Crippen molar-refractivity contribution in [2.75, 3.05) is 5.32 Å². The van der Waals surface area contributed by atoms with Gasteiger partial charge in [0.15, 0.2) is 0 Å². The number of benzene rings is 1. The lowest BCUT2D eigenvalue weighted by Crippen LogP contribution is -2.13. The molecule has 0 fully saturated rings. The molecule has 0 aliphatic heterocycles. The Morgan fingerprint density at radius 3 is 2.68 bits per heavy atom. The van der Waals surface area contributed by atoms with Gasteiger partial charge in [0, 0.05) is 14.9 Å². The van der Waals surface area contributed by atoms with Crippen molar-refractivity contribution in [1.29, 1.82) is 0 Å². The molecule has 4 nitrogen and oxygen atoms in total.